The van der Waals surface area contributed by atoms with Gasteiger partial charge in [-0.05, 0) is 29.8 Å². The second-order valence-corrected chi connectivity index (χ2v) is 5.67. The molecule has 0 bridgehead atoms. The molecule has 0 N–H and O–H groups in total. The Bertz CT molecular complexity index is 746. The first kappa shape index (κ1) is 15.3. The number of carbonyl (C=O) groups is 1. The van der Waals surface area contributed by atoms with Crippen molar-refractivity contribution in [1.82, 2.24) is 0 Å². The first-order valence-corrected chi connectivity index (χ1v) is 7.39. The van der Waals surface area contributed by atoms with Crippen molar-refractivity contribution in [3.05, 3.63) is 56.5 Å². The van der Waals surface area contributed by atoms with Crippen molar-refractivity contribution in [3.8, 4) is 11.5 Å². The molecule has 0 fully saturated rings. The molecule has 22 heavy (non-hydrogen) atoms. The summed E-state index contributed by atoms with van der Waals surface area (Å²) < 4.78 is 15.7. The van der Waals surface area contributed by atoms with E-state index in [0.717, 1.165) is 5.56 Å². The van der Waals surface area contributed by atoms with Crippen molar-refractivity contribution in [3.63, 3.8) is 0 Å². The van der Waals surface area contributed by atoms with Crippen molar-refractivity contribution in [1.29, 1.82) is 0 Å². The second-order valence-electron chi connectivity index (χ2n) is 4.48. The van der Waals surface area contributed by atoms with Crippen LogP contribution in [0.4, 0.5) is 0 Å². The lowest BCUT2D eigenvalue weighted by Gasteiger charge is -2.09. The molecule has 7 heteroatoms. The van der Waals surface area contributed by atoms with E-state index >= 15 is 0 Å². The van der Waals surface area contributed by atoms with Crippen LogP contribution in [0.25, 0.3) is 0 Å². The van der Waals surface area contributed by atoms with Crippen molar-refractivity contribution in [2.75, 3.05) is 6.79 Å². The summed E-state index contributed by atoms with van der Waals surface area (Å²) in [5.41, 5.74) is 0.809. The molecule has 0 aliphatic carbocycles. The maximum Gasteiger partial charge on any atom is 0.341 e. The van der Waals surface area contributed by atoms with Gasteiger partial charge >= 0.3 is 5.97 Å². The summed E-state index contributed by atoms with van der Waals surface area (Å²) in [7, 11) is 0. The zero-order chi connectivity index (χ0) is 15.7. The number of halogens is 3. The standard InChI is InChI=1S/C15H9Cl3O4/c16-9-2-3-10(17)14(18)13(9)15(19)20-6-8-1-4-11-12(5-8)22-7-21-11/h1-5H,6-7H2. The van der Waals surface area contributed by atoms with Crippen LogP contribution in [0.5, 0.6) is 11.5 Å². The van der Waals surface area contributed by atoms with Gasteiger partial charge in [0.2, 0.25) is 6.79 Å². The van der Waals surface area contributed by atoms with E-state index < -0.39 is 5.97 Å². The largest absolute Gasteiger partial charge is 0.457 e. The fourth-order valence-electron chi connectivity index (χ4n) is 1.97. The van der Waals surface area contributed by atoms with E-state index in [-0.39, 0.29) is 34.0 Å². The van der Waals surface area contributed by atoms with E-state index in [0.29, 0.717) is 11.5 Å². The van der Waals surface area contributed by atoms with Crippen molar-refractivity contribution < 1.29 is 19.0 Å². The van der Waals surface area contributed by atoms with Crippen LogP contribution in [0.3, 0.4) is 0 Å². The Morgan fingerprint density at radius 2 is 1.77 bits per heavy atom. The topological polar surface area (TPSA) is 44.8 Å². The van der Waals surface area contributed by atoms with Crippen LogP contribution < -0.4 is 9.47 Å². The third-order valence-corrected chi connectivity index (χ3v) is 4.17. The number of rotatable bonds is 3. The molecule has 0 aromatic heterocycles. The summed E-state index contributed by atoms with van der Waals surface area (Å²) in [6.45, 7) is 0.237. The minimum atomic E-state index is -0.643. The molecule has 0 saturated heterocycles. The maximum atomic E-state index is 12.1. The quantitative estimate of drug-likeness (QED) is 0.587. The number of ether oxygens (including phenoxy) is 3. The van der Waals surface area contributed by atoms with E-state index in [1.807, 2.05) is 0 Å². The Morgan fingerprint density at radius 3 is 2.59 bits per heavy atom. The number of esters is 1. The minimum Gasteiger partial charge on any atom is -0.457 e. The fourth-order valence-corrected chi connectivity index (χ4v) is 2.65. The minimum absolute atomic E-state index is 0.0502. The summed E-state index contributed by atoms with van der Waals surface area (Å²) in [6, 6.07) is 8.29. The Balaban J connectivity index is 1.74. The predicted octanol–water partition coefficient (Wildman–Crippen LogP) is 4.73. The number of hydrogen-bond acceptors (Lipinski definition) is 4. The van der Waals surface area contributed by atoms with E-state index in [2.05, 4.69) is 0 Å². The van der Waals surface area contributed by atoms with Gasteiger partial charge in [-0.25, -0.2) is 4.79 Å². The van der Waals surface area contributed by atoms with Gasteiger partial charge in [-0.15, -0.1) is 0 Å². The summed E-state index contributed by atoms with van der Waals surface area (Å²) in [5.74, 6) is 0.638. The maximum absolute atomic E-state index is 12.1. The van der Waals surface area contributed by atoms with Crippen LogP contribution in [-0.2, 0) is 11.3 Å². The average molecular weight is 360 g/mol. The zero-order valence-corrected chi connectivity index (χ0v) is 13.3. The molecule has 1 heterocycles. The molecule has 0 amide bonds. The lowest BCUT2D eigenvalue weighted by atomic mass is 10.2. The number of benzene rings is 2. The average Bonchev–Trinajstić information content (AvgIpc) is 2.97. The van der Waals surface area contributed by atoms with Crippen LogP contribution in [-0.4, -0.2) is 12.8 Å². The Morgan fingerprint density at radius 1 is 1.05 bits per heavy atom. The van der Waals surface area contributed by atoms with Gasteiger partial charge in [0.25, 0.3) is 0 Å². The van der Waals surface area contributed by atoms with Crippen LogP contribution in [0.1, 0.15) is 15.9 Å². The van der Waals surface area contributed by atoms with Gasteiger partial charge < -0.3 is 14.2 Å². The lowest BCUT2D eigenvalue weighted by molar-refractivity contribution is 0.0473. The first-order chi connectivity index (χ1) is 10.6. The third-order valence-electron chi connectivity index (χ3n) is 3.06. The zero-order valence-electron chi connectivity index (χ0n) is 11.1. The SMILES string of the molecule is O=C(OCc1ccc2c(c1)OCO2)c1c(Cl)ccc(Cl)c1Cl. The smallest absolute Gasteiger partial charge is 0.341 e. The van der Waals surface area contributed by atoms with Gasteiger partial charge in [-0.3, -0.25) is 0 Å². The highest BCUT2D eigenvalue weighted by atomic mass is 35.5. The summed E-state index contributed by atoms with van der Waals surface area (Å²) in [4.78, 5) is 12.1. The number of hydrogen-bond donors (Lipinski definition) is 0. The Labute approximate surface area is 141 Å². The molecule has 0 atom stereocenters. The van der Waals surface area contributed by atoms with Crippen LogP contribution in [0.15, 0.2) is 30.3 Å². The fraction of sp³-hybridized carbons (Fsp3) is 0.133. The van der Waals surface area contributed by atoms with Gasteiger partial charge in [-0.2, -0.15) is 0 Å². The molecular weight excluding hydrogens is 351 g/mol. The third kappa shape index (κ3) is 2.95. The Hall–Kier alpha value is -1.62. The molecule has 2 aromatic carbocycles. The molecule has 0 unspecified atom stereocenters. The van der Waals surface area contributed by atoms with E-state index in [1.165, 1.54) is 12.1 Å². The van der Waals surface area contributed by atoms with E-state index in [1.54, 1.807) is 18.2 Å². The predicted molar refractivity (Wildman–Crippen MR) is 83.2 cm³/mol. The monoisotopic (exact) mass is 358 g/mol. The van der Waals surface area contributed by atoms with Crippen LogP contribution >= 0.6 is 34.8 Å². The first-order valence-electron chi connectivity index (χ1n) is 6.25. The van der Waals surface area contributed by atoms with Gasteiger partial charge in [0.15, 0.2) is 11.5 Å². The molecule has 1 aliphatic rings. The van der Waals surface area contributed by atoms with Crippen LogP contribution in [0.2, 0.25) is 15.1 Å². The van der Waals surface area contributed by atoms with Crippen molar-refractivity contribution in [2.45, 2.75) is 6.61 Å². The lowest BCUT2D eigenvalue weighted by Crippen LogP contribution is -2.07. The Kier molecular flexibility index (Phi) is 4.34. The molecule has 1 aliphatic heterocycles. The molecule has 0 radical (unpaired) electrons. The van der Waals surface area contributed by atoms with E-state index in [4.69, 9.17) is 49.0 Å². The molecule has 2 aromatic rings. The number of fused-ring (bicyclic) bond motifs is 1. The van der Waals surface area contributed by atoms with Crippen molar-refractivity contribution in [2.24, 2.45) is 0 Å². The van der Waals surface area contributed by atoms with Gasteiger partial charge in [0.05, 0.1) is 20.6 Å². The highest BCUT2D eigenvalue weighted by Crippen LogP contribution is 2.34. The van der Waals surface area contributed by atoms with Gasteiger partial charge in [-0.1, -0.05) is 40.9 Å². The van der Waals surface area contributed by atoms with Crippen LogP contribution in [0, 0.1) is 0 Å². The molecular formula is C15H9Cl3O4. The molecule has 4 nitrogen and oxygen atoms in total. The molecule has 114 valence electrons. The second kappa shape index (κ2) is 6.24. The van der Waals surface area contributed by atoms with Gasteiger partial charge in [0, 0.05) is 0 Å². The van der Waals surface area contributed by atoms with Crippen molar-refractivity contribution >= 4 is 40.8 Å². The molecule has 0 saturated carbocycles. The highest BCUT2D eigenvalue weighted by molar-refractivity contribution is 6.46. The highest BCUT2D eigenvalue weighted by Gasteiger charge is 2.19. The molecule has 0 spiro atoms. The van der Waals surface area contributed by atoms with Gasteiger partial charge in [0.1, 0.15) is 6.61 Å². The summed E-state index contributed by atoms with van der Waals surface area (Å²) in [6.07, 6.45) is 0. The summed E-state index contributed by atoms with van der Waals surface area (Å²) >= 11 is 17.9. The normalized spacial score (nSPS) is 12.3. The summed E-state index contributed by atoms with van der Waals surface area (Å²) in [5, 5.41) is 0.496. The van der Waals surface area contributed by atoms with E-state index in [9.17, 15) is 4.79 Å². The molecule has 3 rings (SSSR count). The number of carbonyl (C=O) groups excluding carboxylic acids is 1.